The molecular formula is C15H16N2O4. The zero-order valence-electron chi connectivity index (χ0n) is 12.2. The fourth-order valence-corrected chi connectivity index (χ4v) is 2.11. The number of aryl methyl sites for hydroxylation is 1. The molecule has 2 aromatic heterocycles. The molecule has 0 bridgehead atoms. The molecule has 0 saturated heterocycles. The van der Waals surface area contributed by atoms with Gasteiger partial charge in [-0.25, -0.2) is 4.57 Å². The lowest BCUT2D eigenvalue weighted by Gasteiger charge is -2.10. The number of aromatic nitrogens is 2. The topological polar surface area (TPSA) is 78.3 Å². The molecule has 0 aliphatic heterocycles. The van der Waals surface area contributed by atoms with E-state index in [0.717, 1.165) is 4.57 Å². The minimum atomic E-state index is -0.402. The third-order valence-electron chi connectivity index (χ3n) is 3.12. The van der Waals surface area contributed by atoms with E-state index in [1.54, 1.807) is 18.3 Å². The molecular weight excluding hydrogens is 272 g/mol. The third-order valence-corrected chi connectivity index (χ3v) is 3.12. The Morgan fingerprint density at radius 2 is 2.00 bits per heavy atom. The van der Waals surface area contributed by atoms with Crippen LogP contribution in [0.5, 0.6) is 0 Å². The summed E-state index contributed by atoms with van der Waals surface area (Å²) in [6.07, 6.45) is 2.10. The predicted molar refractivity (Wildman–Crippen MR) is 77.2 cm³/mol. The standard InChI is InChI=1S/C15H16N2O4/c1-4-12-6-13-14(17(9(2)18)15(12)20)5-11(7-16-13)8-21-10(3)19/h5-7H,4,8H2,1-3H3. The van der Waals surface area contributed by atoms with Crippen molar-refractivity contribution < 1.29 is 14.3 Å². The quantitative estimate of drug-likeness (QED) is 0.803. The summed E-state index contributed by atoms with van der Waals surface area (Å²) in [5, 5.41) is 0. The summed E-state index contributed by atoms with van der Waals surface area (Å²) in [6.45, 7) is 4.55. The highest BCUT2D eigenvalue weighted by atomic mass is 16.5. The summed E-state index contributed by atoms with van der Waals surface area (Å²) >= 11 is 0. The number of fused-ring (bicyclic) bond motifs is 1. The predicted octanol–water partition coefficient (Wildman–Crippen LogP) is 1.68. The van der Waals surface area contributed by atoms with Gasteiger partial charge < -0.3 is 4.74 Å². The third kappa shape index (κ3) is 2.99. The van der Waals surface area contributed by atoms with Gasteiger partial charge in [0.25, 0.3) is 5.56 Å². The number of ether oxygens (including phenoxy) is 1. The van der Waals surface area contributed by atoms with Crippen LogP contribution in [0.15, 0.2) is 23.1 Å². The zero-order valence-corrected chi connectivity index (χ0v) is 12.2. The smallest absolute Gasteiger partial charge is 0.302 e. The number of carbonyl (C=O) groups is 2. The van der Waals surface area contributed by atoms with Gasteiger partial charge in [0.15, 0.2) is 0 Å². The van der Waals surface area contributed by atoms with E-state index in [-0.39, 0.29) is 18.1 Å². The van der Waals surface area contributed by atoms with Gasteiger partial charge in [0.1, 0.15) is 6.61 Å². The molecule has 0 spiro atoms. The molecule has 0 amide bonds. The van der Waals surface area contributed by atoms with Crippen molar-refractivity contribution in [2.24, 2.45) is 0 Å². The molecule has 2 rings (SSSR count). The molecule has 2 aromatic rings. The van der Waals surface area contributed by atoms with Crippen LogP contribution in [-0.2, 0) is 22.6 Å². The van der Waals surface area contributed by atoms with Gasteiger partial charge in [-0.2, -0.15) is 0 Å². The molecule has 0 aromatic carbocycles. The number of hydrogen-bond acceptors (Lipinski definition) is 5. The SMILES string of the molecule is CCc1cc2ncc(COC(C)=O)cc2n(C(C)=O)c1=O. The summed E-state index contributed by atoms with van der Waals surface area (Å²) < 4.78 is 6.01. The first-order valence-electron chi connectivity index (χ1n) is 6.62. The van der Waals surface area contributed by atoms with Gasteiger partial charge in [-0.05, 0) is 18.6 Å². The van der Waals surface area contributed by atoms with Crippen LogP contribution in [-0.4, -0.2) is 21.4 Å². The summed E-state index contributed by atoms with van der Waals surface area (Å²) in [7, 11) is 0. The van der Waals surface area contributed by atoms with Crippen LogP contribution in [0.3, 0.4) is 0 Å². The molecule has 6 heteroatoms. The molecule has 21 heavy (non-hydrogen) atoms. The fraction of sp³-hybridized carbons (Fsp3) is 0.333. The molecule has 6 nitrogen and oxygen atoms in total. The van der Waals surface area contributed by atoms with E-state index in [2.05, 4.69) is 4.98 Å². The van der Waals surface area contributed by atoms with Crippen molar-refractivity contribution in [3.05, 3.63) is 39.8 Å². The van der Waals surface area contributed by atoms with Crippen molar-refractivity contribution in [3.8, 4) is 0 Å². The Balaban J connectivity index is 2.65. The molecule has 0 fully saturated rings. The van der Waals surface area contributed by atoms with Gasteiger partial charge in [0.05, 0.1) is 11.0 Å². The first kappa shape index (κ1) is 14.9. The molecule has 0 atom stereocenters. The normalized spacial score (nSPS) is 10.6. The van der Waals surface area contributed by atoms with E-state index in [4.69, 9.17) is 4.74 Å². The highest BCUT2D eigenvalue weighted by Gasteiger charge is 2.13. The molecule has 0 radical (unpaired) electrons. The van der Waals surface area contributed by atoms with E-state index in [1.807, 2.05) is 6.92 Å². The molecule has 0 aliphatic carbocycles. The lowest BCUT2D eigenvalue weighted by Crippen LogP contribution is -2.28. The van der Waals surface area contributed by atoms with Crippen molar-refractivity contribution in [2.45, 2.75) is 33.8 Å². The van der Waals surface area contributed by atoms with Crippen molar-refractivity contribution in [2.75, 3.05) is 0 Å². The van der Waals surface area contributed by atoms with Crippen LogP contribution in [0.25, 0.3) is 11.0 Å². The summed E-state index contributed by atoms with van der Waals surface area (Å²) in [4.78, 5) is 39.1. The van der Waals surface area contributed by atoms with E-state index < -0.39 is 5.97 Å². The highest BCUT2D eigenvalue weighted by molar-refractivity contribution is 5.88. The monoisotopic (exact) mass is 288 g/mol. The maximum Gasteiger partial charge on any atom is 0.302 e. The molecule has 2 heterocycles. The second-order valence-corrected chi connectivity index (χ2v) is 4.71. The molecule has 0 N–H and O–H groups in total. The number of nitrogens with zero attached hydrogens (tertiary/aromatic N) is 2. The van der Waals surface area contributed by atoms with Gasteiger partial charge in [-0.1, -0.05) is 6.92 Å². The van der Waals surface area contributed by atoms with Crippen molar-refractivity contribution in [3.63, 3.8) is 0 Å². The fourth-order valence-electron chi connectivity index (χ4n) is 2.11. The first-order chi connectivity index (χ1) is 9.93. The minimum Gasteiger partial charge on any atom is -0.461 e. The number of carbonyl (C=O) groups excluding carboxylic acids is 2. The van der Waals surface area contributed by atoms with Crippen LogP contribution in [0.1, 0.15) is 36.7 Å². The molecule has 0 saturated carbocycles. The Labute approximate surface area is 121 Å². The molecule has 110 valence electrons. The molecule has 0 aliphatic rings. The summed E-state index contributed by atoms with van der Waals surface area (Å²) in [6, 6.07) is 3.33. The number of pyridine rings is 2. The summed E-state index contributed by atoms with van der Waals surface area (Å²) in [5.74, 6) is -0.771. The van der Waals surface area contributed by atoms with Crippen molar-refractivity contribution in [1.82, 2.24) is 9.55 Å². The van der Waals surface area contributed by atoms with Gasteiger partial charge in [0, 0.05) is 31.2 Å². The van der Waals surface area contributed by atoms with Crippen LogP contribution in [0, 0.1) is 0 Å². The van der Waals surface area contributed by atoms with E-state index in [0.29, 0.717) is 28.6 Å². The Morgan fingerprint density at radius 3 is 2.57 bits per heavy atom. The zero-order chi connectivity index (χ0) is 15.6. The Morgan fingerprint density at radius 1 is 1.29 bits per heavy atom. The number of hydrogen-bond donors (Lipinski definition) is 0. The summed E-state index contributed by atoms with van der Waals surface area (Å²) in [5.41, 5.74) is 1.82. The lowest BCUT2D eigenvalue weighted by molar-refractivity contribution is -0.142. The van der Waals surface area contributed by atoms with Crippen LogP contribution in [0.4, 0.5) is 0 Å². The van der Waals surface area contributed by atoms with Crippen LogP contribution >= 0.6 is 0 Å². The Bertz CT molecular complexity index is 777. The van der Waals surface area contributed by atoms with Crippen LogP contribution in [0.2, 0.25) is 0 Å². The van der Waals surface area contributed by atoms with Gasteiger partial charge in [0.2, 0.25) is 5.91 Å². The average molecular weight is 288 g/mol. The van der Waals surface area contributed by atoms with E-state index in [1.165, 1.54) is 13.8 Å². The van der Waals surface area contributed by atoms with E-state index >= 15 is 0 Å². The largest absolute Gasteiger partial charge is 0.461 e. The minimum absolute atomic E-state index is 0.0555. The van der Waals surface area contributed by atoms with Crippen molar-refractivity contribution in [1.29, 1.82) is 0 Å². The van der Waals surface area contributed by atoms with Gasteiger partial charge in [-0.3, -0.25) is 19.4 Å². The highest BCUT2D eigenvalue weighted by Crippen LogP contribution is 2.14. The maximum atomic E-state index is 12.3. The number of rotatable bonds is 3. The second kappa shape index (κ2) is 5.87. The Hall–Kier alpha value is -2.50. The van der Waals surface area contributed by atoms with Gasteiger partial charge >= 0.3 is 5.97 Å². The maximum absolute atomic E-state index is 12.3. The van der Waals surface area contributed by atoms with Crippen LogP contribution < -0.4 is 5.56 Å². The number of esters is 1. The van der Waals surface area contributed by atoms with E-state index in [9.17, 15) is 14.4 Å². The molecule has 0 unspecified atom stereocenters. The van der Waals surface area contributed by atoms with Gasteiger partial charge in [-0.15, -0.1) is 0 Å². The van der Waals surface area contributed by atoms with Crippen molar-refractivity contribution >= 4 is 22.9 Å². The average Bonchev–Trinajstić information content (AvgIpc) is 2.43. The Kier molecular flexibility index (Phi) is 4.16. The first-order valence-corrected chi connectivity index (χ1v) is 6.62. The lowest BCUT2D eigenvalue weighted by atomic mass is 10.1. The second-order valence-electron chi connectivity index (χ2n) is 4.71.